The van der Waals surface area contributed by atoms with Crippen LogP contribution in [0.4, 0.5) is 5.69 Å². The zero-order chi connectivity index (χ0) is 18.6. The first-order valence-electron chi connectivity index (χ1n) is 9.10. The number of sulfonamides is 1. The number of nitrogens with one attached hydrogen (secondary N) is 1. The summed E-state index contributed by atoms with van der Waals surface area (Å²) in [5, 5.41) is 7.12. The van der Waals surface area contributed by atoms with Gasteiger partial charge in [-0.2, -0.15) is 9.29 Å². The quantitative estimate of drug-likeness (QED) is 0.797. The van der Waals surface area contributed by atoms with Crippen molar-refractivity contribution in [2.24, 2.45) is 5.92 Å². The number of piperidine rings is 1. The van der Waals surface area contributed by atoms with E-state index in [-0.39, 0.29) is 0 Å². The highest BCUT2D eigenvalue weighted by atomic mass is 32.2. The van der Waals surface area contributed by atoms with Crippen LogP contribution in [-0.4, -0.2) is 36.0 Å². The number of hydrogen-bond acceptors (Lipinski definition) is 6. The van der Waals surface area contributed by atoms with Gasteiger partial charge >= 0.3 is 0 Å². The maximum Gasteiger partial charge on any atom is 0.245 e. The fraction of sp³-hybridized carbons (Fsp3) is 0.556. The molecule has 0 saturated carbocycles. The van der Waals surface area contributed by atoms with Gasteiger partial charge in [0.15, 0.2) is 5.82 Å². The Morgan fingerprint density at radius 1 is 1.23 bits per heavy atom. The summed E-state index contributed by atoms with van der Waals surface area (Å²) in [4.78, 5) is 4.66. The van der Waals surface area contributed by atoms with E-state index in [9.17, 15) is 8.42 Å². The van der Waals surface area contributed by atoms with Crippen LogP contribution >= 0.6 is 0 Å². The number of benzene rings is 1. The largest absolute Gasteiger partial charge is 0.376 e. The molecule has 0 aliphatic carbocycles. The summed E-state index contributed by atoms with van der Waals surface area (Å²) in [6, 6.07) is 6.88. The molecule has 1 aliphatic rings. The Morgan fingerprint density at radius 2 is 2.00 bits per heavy atom. The van der Waals surface area contributed by atoms with E-state index in [0.29, 0.717) is 47.9 Å². The Balaban J connectivity index is 1.66. The normalized spacial score (nSPS) is 16.1. The van der Waals surface area contributed by atoms with E-state index in [4.69, 9.17) is 4.52 Å². The van der Waals surface area contributed by atoms with Gasteiger partial charge in [0.05, 0.1) is 11.4 Å². The Hall–Kier alpha value is -1.93. The lowest BCUT2D eigenvalue weighted by atomic mass is 10.1. The van der Waals surface area contributed by atoms with Crippen LogP contribution in [0.25, 0.3) is 0 Å². The number of nitrogens with zero attached hydrogens (tertiary/aromatic N) is 3. The Morgan fingerprint density at radius 3 is 2.73 bits per heavy atom. The molecule has 2 aromatic rings. The van der Waals surface area contributed by atoms with Crippen LogP contribution in [-0.2, 0) is 23.0 Å². The summed E-state index contributed by atoms with van der Waals surface area (Å²) in [7, 11) is -3.43. The van der Waals surface area contributed by atoms with Crippen molar-refractivity contribution in [3.63, 3.8) is 0 Å². The lowest BCUT2D eigenvalue weighted by Crippen LogP contribution is -2.35. The topological polar surface area (TPSA) is 88.3 Å². The SMILES string of the molecule is CC(C)Cc1noc(CNc2cccc(S(=O)(=O)N3CCCCC3)c2)n1. The molecule has 3 rings (SSSR count). The van der Waals surface area contributed by atoms with Crippen molar-refractivity contribution in [3.05, 3.63) is 36.0 Å². The average Bonchev–Trinajstić information content (AvgIpc) is 3.07. The smallest absolute Gasteiger partial charge is 0.245 e. The molecule has 0 amide bonds. The first kappa shape index (κ1) is 18.8. The minimum Gasteiger partial charge on any atom is -0.376 e. The van der Waals surface area contributed by atoms with Crippen molar-refractivity contribution in [2.45, 2.75) is 51.0 Å². The second-order valence-corrected chi connectivity index (χ2v) is 8.99. The van der Waals surface area contributed by atoms with Gasteiger partial charge in [0.1, 0.15) is 0 Å². The van der Waals surface area contributed by atoms with Crippen LogP contribution in [0, 0.1) is 5.92 Å². The molecule has 2 heterocycles. The monoisotopic (exact) mass is 378 g/mol. The summed E-state index contributed by atoms with van der Waals surface area (Å²) >= 11 is 0. The van der Waals surface area contributed by atoms with E-state index < -0.39 is 10.0 Å². The molecule has 7 nitrogen and oxygen atoms in total. The van der Waals surface area contributed by atoms with Crippen LogP contribution in [0.1, 0.15) is 44.8 Å². The fourth-order valence-corrected chi connectivity index (χ4v) is 4.57. The standard InChI is InChI=1S/C18H26N4O3S/c1-14(2)11-17-20-18(25-21-17)13-19-15-7-6-8-16(12-15)26(23,24)22-9-4-3-5-10-22/h6-8,12,14,19H,3-5,9-11,13H2,1-2H3. The van der Waals surface area contributed by atoms with Crippen molar-refractivity contribution in [1.82, 2.24) is 14.4 Å². The molecule has 1 aliphatic heterocycles. The zero-order valence-corrected chi connectivity index (χ0v) is 16.1. The molecule has 0 bridgehead atoms. The molecule has 1 fully saturated rings. The van der Waals surface area contributed by atoms with E-state index in [0.717, 1.165) is 25.7 Å². The van der Waals surface area contributed by atoms with E-state index in [1.807, 2.05) is 6.07 Å². The van der Waals surface area contributed by atoms with Crippen LogP contribution in [0.3, 0.4) is 0 Å². The van der Waals surface area contributed by atoms with Crippen molar-refractivity contribution in [2.75, 3.05) is 18.4 Å². The van der Waals surface area contributed by atoms with Crippen LogP contribution in [0.5, 0.6) is 0 Å². The third-order valence-corrected chi connectivity index (χ3v) is 6.23. The molecule has 0 spiro atoms. The third kappa shape index (κ3) is 4.62. The van der Waals surface area contributed by atoms with Crippen LogP contribution < -0.4 is 5.32 Å². The van der Waals surface area contributed by atoms with Gasteiger partial charge in [0, 0.05) is 25.2 Å². The van der Waals surface area contributed by atoms with E-state index in [2.05, 4.69) is 29.3 Å². The van der Waals surface area contributed by atoms with Gasteiger partial charge < -0.3 is 9.84 Å². The maximum atomic E-state index is 12.8. The molecule has 1 N–H and O–H groups in total. The van der Waals surface area contributed by atoms with Crippen LogP contribution in [0.2, 0.25) is 0 Å². The zero-order valence-electron chi connectivity index (χ0n) is 15.3. The molecule has 1 saturated heterocycles. The van der Waals surface area contributed by atoms with Crippen molar-refractivity contribution >= 4 is 15.7 Å². The van der Waals surface area contributed by atoms with Gasteiger partial charge in [-0.25, -0.2) is 8.42 Å². The summed E-state index contributed by atoms with van der Waals surface area (Å²) in [5.41, 5.74) is 0.715. The summed E-state index contributed by atoms with van der Waals surface area (Å²) < 4.78 is 32.4. The molecule has 142 valence electrons. The number of hydrogen-bond donors (Lipinski definition) is 1. The molecular formula is C18H26N4O3S. The number of aromatic nitrogens is 2. The molecule has 26 heavy (non-hydrogen) atoms. The van der Waals surface area contributed by atoms with Gasteiger partial charge in [0.25, 0.3) is 0 Å². The summed E-state index contributed by atoms with van der Waals surface area (Å²) in [5.74, 6) is 1.65. The van der Waals surface area contributed by atoms with Crippen molar-refractivity contribution in [1.29, 1.82) is 0 Å². The highest BCUT2D eigenvalue weighted by molar-refractivity contribution is 7.89. The summed E-state index contributed by atoms with van der Waals surface area (Å²) in [6.07, 6.45) is 3.71. The Kier molecular flexibility index (Phi) is 5.93. The minimum atomic E-state index is -3.43. The number of rotatable bonds is 7. The molecular weight excluding hydrogens is 352 g/mol. The van der Waals surface area contributed by atoms with Crippen molar-refractivity contribution < 1.29 is 12.9 Å². The van der Waals surface area contributed by atoms with E-state index >= 15 is 0 Å². The van der Waals surface area contributed by atoms with Gasteiger partial charge in [-0.3, -0.25) is 0 Å². The molecule has 0 atom stereocenters. The third-order valence-electron chi connectivity index (χ3n) is 4.33. The van der Waals surface area contributed by atoms with Crippen molar-refractivity contribution in [3.8, 4) is 0 Å². The van der Waals surface area contributed by atoms with Gasteiger partial charge in [-0.15, -0.1) is 0 Å². The molecule has 1 aromatic carbocycles. The second-order valence-electron chi connectivity index (χ2n) is 7.05. The van der Waals surface area contributed by atoms with Crippen LogP contribution in [0.15, 0.2) is 33.7 Å². The highest BCUT2D eigenvalue weighted by Gasteiger charge is 2.25. The average molecular weight is 378 g/mol. The Labute approximate surface area is 154 Å². The Bertz CT molecular complexity index is 826. The van der Waals surface area contributed by atoms with Gasteiger partial charge in [0.2, 0.25) is 15.9 Å². The number of anilines is 1. The van der Waals surface area contributed by atoms with Gasteiger partial charge in [-0.1, -0.05) is 31.5 Å². The second kappa shape index (κ2) is 8.18. The molecule has 0 radical (unpaired) electrons. The predicted molar refractivity (Wildman–Crippen MR) is 99.2 cm³/mol. The van der Waals surface area contributed by atoms with Gasteiger partial charge in [-0.05, 0) is 37.0 Å². The fourth-order valence-electron chi connectivity index (χ4n) is 3.01. The summed E-state index contributed by atoms with van der Waals surface area (Å²) in [6.45, 7) is 5.75. The minimum absolute atomic E-state index is 0.315. The first-order valence-corrected chi connectivity index (χ1v) is 10.5. The maximum absolute atomic E-state index is 12.8. The lowest BCUT2D eigenvalue weighted by molar-refractivity contribution is 0.346. The van der Waals surface area contributed by atoms with E-state index in [1.165, 1.54) is 0 Å². The molecule has 0 unspecified atom stereocenters. The van der Waals surface area contributed by atoms with E-state index in [1.54, 1.807) is 22.5 Å². The lowest BCUT2D eigenvalue weighted by Gasteiger charge is -2.26. The molecule has 8 heteroatoms. The molecule has 1 aromatic heterocycles. The first-order chi connectivity index (χ1) is 12.4. The highest BCUT2D eigenvalue weighted by Crippen LogP contribution is 2.23. The predicted octanol–water partition coefficient (Wildman–Crippen LogP) is 3.05.